The van der Waals surface area contributed by atoms with Crippen LogP contribution in [-0.4, -0.2) is 42.2 Å². The van der Waals surface area contributed by atoms with E-state index in [4.69, 9.17) is 4.74 Å². The zero-order valence-electron chi connectivity index (χ0n) is 13.5. The number of anilines is 1. The average molecular weight is 330 g/mol. The highest BCUT2D eigenvalue weighted by atomic mass is 19.1. The molecular formula is C17H19FN4O2. The first-order valence-electron chi connectivity index (χ1n) is 7.82. The summed E-state index contributed by atoms with van der Waals surface area (Å²) in [6.07, 6.45) is 1.67. The fourth-order valence-electron chi connectivity index (χ4n) is 2.41. The maximum Gasteiger partial charge on any atom is 0.251 e. The van der Waals surface area contributed by atoms with Crippen LogP contribution < -0.4 is 10.2 Å². The fourth-order valence-corrected chi connectivity index (χ4v) is 2.41. The lowest BCUT2D eigenvalue weighted by Gasteiger charge is -2.26. The molecule has 7 heteroatoms. The maximum absolute atomic E-state index is 13.5. The summed E-state index contributed by atoms with van der Waals surface area (Å²) in [6.45, 7) is 4.72. The number of hydrogen-bond donors (Lipinski definition) is 1. The van der Waals surface area contributed by atoms with E-state index in [0.717, 1.165) is 13.1 Å². The van der Waals surface area contributed by atoms with E-state index in [1.807, 2.05) is 4.90 Å². The predicted molar refractivity (Wildman–Crippen MR) is 87.4 cm³/mol. The number of nitrogens with zero attached hydrogens (tertiary/aromatic N) is 3. The third kappa shape index (κ3) is 3.86. The van der Waals surface area contributed by atoms with Crippen molar-refractivity contribution >= 4 is 11.9 Å². The molecule has 2 heterocycles. The second kappa shape index (κ2) is 7.35. The minimum Gasteiger partial charge on any atom is -0.378 e. The van der Waals surface area contributed by atoms with Crippen LogP contribution in [0, 0.1) is 12.7 Å². The van der Waals surface area contributed by atoms with Crippen LogP contribution in [0.3, 0.4) is 0 Å². The van der Waals surface area contributed by atoms with Crippen LogP contribution in [-0.2, 0) is 11.3 Å². The van der Waals surface area contributed by atoms with E-state index < -0.39 is 0 Å². The first-order chi connectivity index (χ1) is 11.6. The summed E-state index contributed by atoms with van der Waals surface area (Å²) in [6, 6.07) is 6.18. The molecule has 6 nitrogen and oxygen atoms in total. The van der Waals surface area contributed by atoms with Gasteiger partial charge in [0.1, 0.15) is 5.82 Å². The van der Waals surface area contributed by atoms with Crippen molar-refractivity contribution in [2.24, 2.45) is 0 Å². The topological polar surface area (TPSA) is 67.4 Å². The van der Waals surface area contributed by atoms with Crippen molar-refractivity contribution in [1.82, 2.24) is 15.3 Å². The summed E-state index contributed by atoms with van der Waals surface area (Å²) in [5.41, 5.74) is 1.51. The summed E-state index contributed by atoms with van der Waals surface area (Å²) in [5.74, 6) is -0.0915. The van der Waals surface area contributed by atoms with Gasteiger partial charge in [0.15, 0.2) is 0 Å². The monoisotopic (exact) mass is 330 g/mol. The van der Waals surface area contributed by atoms with E-state index in [1.165, 1.54) is 6.07 Å². The summed E-state index contributed by atoms with van der Waals surface area (Å²) < 4.78 is 18.9. The highest BCUT2D eigenvalue weighted by Gasteiger charge is 2.14. The van der Waals surface area contributed by atoms with Gasteiger partial charge in [-0.2, -0.15) is 0 Å². The predicted octanol–water partition coefficient (Wildman–Crippen LogP) is 1.69. The number of benzene rings is 1. The molecule has 0 saturated carbocycles. The van der Waals surface area contributed by atoms with Gasteiger partial charge in [0.2, 0.25) is 5.95 Å². The Morgan fingerprint density at radius 2 is 2.12 bits per heavy atom. The van der Waals surface area contributed by atoms with Crippen molar-refractivity contribution in [3.63, 3.8) is 0 Å². The molecule has 2 aromatic rings. The van der Waals surface area contributed by atoms with Gasteiger partial charge < -0.3 is 15.0 Å². The van der Waals surface area contributed by atoms with Gasteiger partial charge in [-0.25, -0.2) is 14.4 Å². The Morgan fingerprint density at radius 1 is 1.33 bits per heavy atom. The highest BCUT2D eigenvalue weighted by Crippen LogP contribution is 2.11. The summed E-state index contributed by atoms with van der Waals surface area (Å²) in [5, 5.41) is 2.75. The van der Waals surface area contributed by atoms with Crippen molar-refractivity contribution in [2.45, 2.75) is 13.5 Å². The van der Waals surface area contributed by atoms with E-state index in [0.29, 0.717) is 36.0 Å². The van der Waals surface area contributed by atoms with Crippen molar-refractivity contribution in [1.29, 1.82) is 0 Å². The van der Waals surface area contributed by atoms with E-state index >= 15 is 0 Å². The molecule has 1 saturated heterocycles. The largest absolute Gasteiger partial charge is 0.378 e. The summed E-state index contributed by atoms with van der Waals surface area (Å²) in [4.78, 5) is 22.9. The van der Waals surface area contributed by atoms with Gasteiger partial charge in [0, 0.05) is 24.8 Å². The number of aromatic nitrogens is 2. The Morgan fingerprint density at radius 3 is 2.88 bits per heavy atom. The smallest absolute Gasteiger partial charge is 0.251 e. The molecule has 0 aliphatic carbocycles. The van der Waals surface area contributed by atoms with Crippen molar-refractivity contribution in [2.75, 3.05) is 31.2 Å². The van der Waals surface area contributed by atoms with E-state index in [1.54, 1.807) is 31.3 Å². The SMILES string of the molecule is Cc1ccc(C(=O)NCc2ccnc(N3CCOCC3)n2)cc1F. The van der Waals surface area contributed by atoms with Gasteiger partial charge in [-0.15, -0.1) is 0 Å². The summed E-state index contributed by atoms with van der Waals surface area (Å²) >= 11 is 0. The third-order valence-corrected chi connectivity index (χ3v) is 3.86. The van der Waals surface area contributed by atoms with Crippen LogP contribution in [0.4, 0.5) is 10.3 Å². The highest BCUT2D eigenvalue weighted by molar-refractivity contribution is 5.94. The average Bonchev–Trinajstić information content (AvgIpc) is 2.63. The molecule has 0 spiro atoms. The molecule has 3 rings (SSSR count). The molecule has 0 atom stereocenters. The molecule has 1 aromatic carbocycles. The molecule has 24 heavy (non-hydrogen) atoms. The normalized spacial score (nSPS) is 14.5. The van der Waals surface area contributed by atoms with E-state index in [2.05, 4.69) is 15.3 Å². The first kappa shape index (κ1) is 16.3. The number of morpholine rings is 1. The molecule has 1 amide bonds. The third-order valence-electron chi connectivity index (χ3n) is 3.86. The second-order valence-corrected chi connectivity index (χ2v) is 5.59. The van der Waals surface area contributed by atoms with Crippen LogP contribution in [0.1, 0.15) is 21.6 Å². The maximum atomic E-state index is 13.5. The van der Waals surface area contributed by atoms with Gasteiger partial charge in [-0.1, -0.05) is 6.07 Å². The van der Waals surface area contributed by atoms with Gasteiger partial charge in [0.05, 0.1) is 25.5 Å². The molecule has 0 radical (unpaired) electrons. The Kier molecular flexibility index (Phi) is 5.00. The Hall–Kier alpha value is -2.54. The number of hydrogen-bond acceptors (Lipinski definition) is 5. The molecule has 1 aliphatic heterocycles. The number of carbonyl (C=O) groups excluding carboxylic acids is 1. The Labute approximate surface area is 139 Å². The van der Waals surface area contributed by atoms with Crippen LogP contribution in [0.25, 0.3) is 0 Å². The lowest BCUT2D eigenvalue weighted by Crippen LogP contribution is -2.37. The number of amides is 1. The molecular weight excluding hydrogens is 311 g/mol. The molecule has 1 aromatic heterocycles. The zero-order valence-corrected chi connectivity index (χ0v) is 13.5. The first-order valence-corrected chi connectivity index (χ1v) is 7.82. The molecule has 126 valence electrons. The number of halogens is 1. The van der Waals surface area contributed by atoms with Crippen molar-refractivity contribution in [3.05, 3.63) is 53.1 Å². The lowest BCUT2D eigenvalue weighted by atomic mass is 10.1. The van der Waals surface area contributed by atoms with Crippen molar-refractivity contribution < 1.29 is 13.9 Å². The zero-order chi connectivity index (χ0) is 16.9. The van der Waals surface area contributed by atoms with Crippen molar-refractivity contribution in [3.8, 4) is 0 Å². The standard InChI is InChI=1S/C17H19FN4O2/c1-12-2-3-13(10-15(12)18)16(23)20-11-14-4-5-19-17(21-14)22-6-8-24-9-7-22/h2-5,10H,6-9,11H2,1H3,(H,20,23). The van der Waals surface area contributed by atoms with Gasteiger partial charge >= 0.3 is 0 Å². The minimum absolute atomic E-state index is 0.258. The number of ether oxygens (including phenoxy) is 1. The molecule has 0 bridgehead atoms. The number of carbonyl (C=O) groups is 1. The number of rotatable bonds is 4. The van der Waals surface area contributed by atoms with E-state index in [9.17, 15) is 9.18 Å². The fraction of sp³-hybridized carbons (Fsp3) is 0.353. The summed E-state index contributed by atoms with van der Waals surface area (Å²) in [7, 11) is 0. The Balaban J connectivity index is 1.63. The van der Waals surface area contributed by atoms with Crippen LogP contribution in [0.15, 0.2) is 30.5 Å². The van der Waals surface area contributed by atoms with Crippen LogP contribution >= 0.6 is 0 Å². The second-order valence-electron chi connectivity index (χ2n) is 5.59. The molecule has 0 unspecified atom stereocenters. The number of nitrogens with one attached hydrogen (secondary N) is 1. The molecule has 1 fully saturated rings. The Bertz CT molecular complexity index is 732. The van der Waals surface area contributed by atoms with Gasteiger partial charge in [-0.05, 0) is 30.7 Å². The molecule has 1 N–H and O–H groups in total. The van der Waals surface area contributed by atoms with Gasteiger partial charge in [-0.3, -0.25) is 4.79 Å². The molecule has 1 aliphatic rings. The van der Waals surface area contributed by atoms with E-state index in [-0.39, 0.29) is 18.3 Å². The quantitative estimate of drug-likeness (QED) is 0.924. The van der Waals surface area contributed by atoms with Gasteiger partial charge in [0.25, 0.3) is 5.91 Å². The minimum atomic E-state index is -0.390. The van der Waals surface area contributed by atoms with Crippen LogP contribution in [0.2, 0.25) is 0 Å². The number of aryl methyl sites for hydroxylation is 1. The lowest BCUT2D eigenvalue weighted by molar-refractivity contribution is 0.0950. The van der Waals surface area contributed by atoms with Crippen LogP contribution in [0.5, 0.6) is 0 Å².